The van der Waals surface area contributed by atoms with Gasteiger partial charge < -0.3 is 5.11 Å². The van der Waals surface area contributed by atoms with E-state index in [4.69, 9.17) is 5.11 Å². The van der Waals surface area contributed by atoms with E-state index in [0.29, 0.717) is 10.4 Å². The Hall–Kier alpha value is -1.52. The number of rotatable bonds is 6. The number of nitrogens with zero attached hydrogens (tertiary/aromatic N) is 1. The summed E-state index contributed by atoms with van der Waals surface area (Å²) < 4.78 is 61.9. The standard InChI is InChI=1S/C12H16FNO6S2/c1-8(2)14(7-12(15)16)22(19,20)9-4-5-11(10(13)6-9)21(3,17)18/h4-6,8H,7H2,1-3H3,(H,15,16). The summed E-state index contributed by atoms with van der Waals surface area (Å²) in [7, 11) is -8.09. The highest BCUT2D eigenvalue weighted by Crippen LogP contribution is 2.23. The lowest BCUT2D eigenvalue weighted by molar-refractivity contribution is -0.137. The third-order valence-corrected chi connectivity index (χ3v) is 5.92. The number of aliphatic carboxylic acids is 1. The molecule has 0 saturated heterocycles. The third-order valence-electron chi connectivity index (χ3n) is 2.78. The number of sulfone groups is 1. The van der Waals surface area contributed by atoms with Crippen LogP contribution in [-0.2, 0) is 24.7 Å². The lowest BCUT2D eigenvalue weighted by Gasteiger charge is -2.24. The summed E-state index contributed by atoms with van der Waals surface area (Å²) in [5.41, 5.74) is 0. The molecule has 0 aromatic heterocycles. The first kappa shape index (κ1) is 18.5. The summed E-state index contributed by atoms with van der Waals surface area (Å²) in [4.78, 5) is 9.65. The van der Waals surface area contributed by atoms with E-state index in [2.05, 4.69) is 0 Å². The number of carbonyl (C=O) groups is 1. The van der Waals surface area contributed by atoms with Crippen LogP contribution in [0.25, 0.3) is 0 Å². The van der Waals surface area contributed by atoms with Crippen molar-refractivity contribution in [2.24, 2.45) is 0 Å². The number of sulfonamides is 1. The van der Waals surface area contributed by atoms with Gasteiger partial charge in [0, 0.05) is 12.3 Å². The van der Waals surface area contributed by atoms with E-state index < -0.39 is 54.0 Å². The molecule has 7 nitrogen and oxygen atoms in total. The normalized spacial score (nSPS) is 12.8. The van der Waals surface area contributed by atoms with E-state index >= 15 is 0 Å². The molecule has 1 rings (SSSR count). The maximum Gasteiger partial charge on any atom is 0.318 e. The quantitative estimate of drug-likeness (QED) is 0.807. The third kappa shape index (κ3) is 4.02. The lowest BCUT2D eigenvalue weighted by Crippen LogP contribution is -2.40. The van der Waals surface area contributed by atoms with Gasteiger partial charge >= 0.3 is 5.97 Å². The number of benzene rings is 1. The summed E-state index contributed by atoms with van der Waals surface area (Å²) >= 11 is 0. The lowest BCUT2D eigenvalue weighted by atomic mass is 10.3. The molecule has 0 radical (unpaired) electrons. The molecule has 0 saturated carbocycles. The molecule has 124 valence electrons. The van der Waals surface area contributed by atoms with Crippen LogP contribution in [0.15, 0.2) is 28.0 Å². The first-order valence-corrected chi connectivity index (χ1v) is 9.43. The van der Waals surface area contributed by atoms with Gasteiger partial charge in [0.25, 0.3) is 0 Å². The molecule has 0 heterocycles. The SMILES string of the molecule is CC(C)N(CC(=O)O)S(=O)(=O)c1ccc(S(C)(=O)=O)c(F)c1. The van der Waals surface area contributed by atoms with Gasteiger partial charge in [0.1, 0.15) is 17.3 Å². The van der Waals surface area contributed by atoms with Gasteiger partial charge in [0.05, 0.1) is 4.90 Å². The molecule has 0 aliphatic carbocycles. The van der Waals surface area contributed by atoms with Gasteiger partial charge in [-0.1, -0.05) is 0 Å². The van der Waals surface area contributed by atoms with Gasteiger partial charge in [0.15, 0.2) is 9.84 Å². The molecular formula is C12H16FNO6S2. The van der Waals surface area contributed by atoms with Gasteiger partial charge in [-0.3, -0.25) is 4.79 Å². The predicted octanol–water partition coefficient (Wildman–Crippen LogP) is 0.713. The van der Waals surface area contributed by atoms with Crippen LogP contribution in [0.3, 0.4) is 0 Å². The Labute approximate surface area is 128 Å². The molecule has 10 heteroatoms. The average molecular weight is 353 g/mol. The number of carboxylic acids is 1. The highest BCUT2D eigenvalue weighted by Gasteiger charge is 2.30. The summed E-state index contributed by atoms with van der Waals surface area (Å²) in [6.07, 6.45) is 0.796. The summed E-state index contributed by atoms with van der Waals surface area (Å²) in [5, 5.41) is 8.79. The molecule has 22 heavy (non-hydrogen) atoms. The second kappa shape index (κ2) is 6.31. The fourth-order valence-electron chi connectivity index (χ4n) is 1.76. The van der Waals surface area contributed by atoms with E-state index in [-0.39, 0.29) is 0 Å². The highest BCUT2D eigenvalue weighted by molar-refractivity contribution is 7.90. The van der Waals surface area contributed by atoms with Crippen molar-refractivity contribution in [1.82, 2.24) is 4.31 Å². The van der Waals surface area contributed by atoms with Crippen LogP contribution in [0, 0.1) is 5.82 Å². The van der Waals surface area contributed by atoms with Crippen molar-refractivity contribution in [2.75, 3.05) is 12.8 Å². The van der Waals surface area contributed by atoms with Crippen LogP contribution in [0.4, 0.5) is 4.39 Å². The van der Waals surface area contributed by atoms with Crippen molar-refractivity contribution < 1.29 is 31.1 Å². The van der Waals surface area contributed by atoms with E-state index in [0.717, 1.165) is 18.4 Å². The summed E-state index contributed by atoms with van der Waals surface area (Å²) in [6, 6.07) is 1.69. The molecule has 0 bridgehead atoms. The maximum absolute atomic E-state index is 13.8. The zero-order valence-electron chi connectivity index (χ0n) is 12.1. The monoisotopic (exact) mass is 353 g/mol. The molecule has 1 N–H and O–H groups in total. The number of halogens is 1. The van der Waals surface area contributed by atoms with Crippen LogP contribution in [0.1, 0.15) is 13.8 Å². The van der Waals surface area contributed by atoms with Crippen molar-refractivity contribution in [3.05, 3.63) is 24.0 Å². The Balaban J connectivity index is 3.40. The highest BCUT2D eigenvalue weighted by atomic mass is 32.2. The van der Waals surface area contributed by atoms with E-state index in [1.54, 1.807) is 0 Å². The fourth-order valence-corrected chi connectivity index (χ4v) is 4.08. The van der Waals surface area contributed by atoms with Gasteiger partial charge in [-0.2, -0.15) is 4.31 Å². The smallest absolute Gasteiger partial charge is 0.318 e. The van der Waals surface area contributed by atoms with E-state index in [1.165, 1.54) is 13.8 Å². The van der Waals surface area contributed by atoms with Crippen molar-refractivity contribution in [2.45, 2.75) is 29.7 Å². The van der Waals surface area contributed by atoms with Crippen molar-refractivity contribution in [1.29, 1.82) is 0 Å². The molecule has 0 unspecified atom stereocenters. The largest absolute Gasteiger partial charge is 0.480 e. The first-order chi connectivity index (χ1) is 9.87. The Morgan fingerprint density at radius 2 is 1.82 bits per heavy atom. The van der Waals surface area contributed by atoms with Crippen LogP contribution in [0.2, 0.25) is 0 Å². The molecule has 0 aliphatic heterocycles. The van der Waals surface area contributed by atoms with Crippen LogP contribution < -0.4 is 0 Å². The van der Waals surface area contributed by atoms with Crippen LogP contribution in [0.5, 0.6) is 0 Å². The molecule has 1 aromatic rings. The number of carboxylic acid groups (broad SMARTS) is 1. The molecule has 0 spiro atoms. The first-order valence-electron chi connectivity index (χ1n) is 6.10. The molecule has 0 amide bonds. The average Bonchev–Trinajstić information content (AvgIpc) is 2.33. The topological polar surface area (TPSA) is 109 Å². The molecule has 1 aromatic carbocycles. The van der Waals surface area contributed by atoms with Gasteiger partial charge in [0.2, 0.25) is 10.0 Å². The zero-order chi connectivity index (χ0) is 17.3. The molecule has 0 fully saturated rings. The van der Waals surface area contributed by atoms with Crippen LogP contribution >= 0.6 is 0 Å². The second-order valence-corrected chi connectivity index (χ2v) is 8.78. The van der Waals surface area contributed by atoms with Crippen molar-refractivity contribution in [3.8, 4) is 0 Å². The Kier molecular flexibility index (Phi) is 5.31. The van der Waals surface area contributed by atoms with E-state index in [1.807, 2.05) is 0 Å². The molecular weight excluding hydrogens is 337 g/mol. The Bertz CT molecular complexity index is 786. The zero-order valence-corrected chi connectivity index (χ0v) is 13.8. The van der Waals surface area contributed by atoms with Gasteiger partial charge in [-0.15, -0.1) is 0 Å². The predicted molar refractivity (Wildman–Crippen MR) is 76.2 cm³/mol. The Morgan fingerprint density at radius 1 is 1.27 bits per heavy atom. The Morgan fingerprint density at radius 3 is 2.18 bits per heavy atom. The van der Waals surface area contributed by atoms with Crippen LogP contribution in [-0.4, -0.2) is 51.1 Å². The van der Waals surface area contributed by atoms with E-state index in [9.17, 15) is 26.0 Å². The minimum atomic E-state index is -4.26. The van der Waals surface area contributed by atoms with Crippen molar-refractivity contribution >= 4 is 25.8 Å². The molecule has 0 atom stereocenters. The summed E-state index contributed by atoms with van der Waals surface area (Å²) in [5.74, 6) is -2.56. The minimum absolute atomic E-state index is 0.507. The molecule has 0 aliphatic rings. The van der Waals surface area contributed by atoms with Gasteiger partial charge in [-0.05, 0) is 32.0 Å². The maximum atomic E-state index is 13.8. The fraction of sp³-hybridized carbons (Fsp3) is 0.417. The van der Waals surface area contributed by atoms with Crippen molar-refractivity contribution in [3.63, 3.8) is 0 Å². The van der Waals surface area contributed by atoms with Gasteiger partial charge in [-0.25, -0.2) is 21.2 Å². The number of hydrogen-bond donors (Lipinski definition) is 1. The number of hydrogen-bond acceptors (Lipinski definition) is 5. The summed E-state index contributed by atoms with van der Waals surface area (Å²) in [6.45, 7) is 2.17. The minimum Gasteiger partial charge on any atom is -0.480 e. The second-order valence-electron chi connectivity index (χ2n) is 4.90.